The van der Waals surface area contributed by atoms with Gasteiger partial charge in [0.1, 0.15) is 5.15 Å². The third-order valence-corrected chi connectivity index (χ3v) is 3.78. The number of hydrogen-bond donors (Lipinski definition) is 0. The monoisotopic (exact) mass is 325 g/mol. The van der Waals surface area contributed by atoms with Crippen LogP contribution in [0.2, 0.25) is 25.2 Å². The Balaban J connectivity index is 2.60. The van der Waals surface area contributed by atoms with Crippen LogP contribution >= 0.6 is 58.0 Å². The lowest BCUT2D eigenvalue weighted by Crippen LogP contribution is -1.87. The van der Waals surface area contributed by atoms with Gasteiger partial charge in [-0.3, -0.25) is 0 Å². The molecule has 0 unspecified atom stereocenters. The summed E-state index contributed by atoms with van der Waals surface area (Å²) in [5, 5.41) is 1.79. The van der Waals surface area contributed by atoms with E-state index in [2.05, 4.69) is 4.98 Å². The zero-order chi connectivity index (χ0) is 12.6. The molecule has 1 heterocycles. The van der Waals surface area contributed by atoms with E-state index in [1.807, 2.05) is 0 Å². The molecule has 0 aliphatic heterocycles. The zero-order valence-corrected chi connectivity index (χ0v) is 11.9. The van der Waals surface area contributed by atoms with Crippen LogP contribution < -0.4 is 0 Å². The molecule has 0 fully saturated rings. The first-order valence-electron chi connectivity index (χ1n) is 4.46. The molecule has 0 N–H and O–H groups in total. The van der Waals surface area contributed by atoms with E-state index in [9.17, 15) is 0 Å². The first kappa shape index (κ1) is 13.3. The van der Waals surface area contributed by atoms with Gasteiger partial charge in [0.15, 0.2) is 0 Å². The van der Waals surface area contributed by atoms with Gasteiger partial charge >= 0.3 is 0 Å². The van der Waals surface area contributed by atoms with Crippen LogP contribution in [0.1, 0.15) is 0 Å². The molecule has 0 aliphatic rings. The highest BCUT2D eigenvalue weighted by atomic mass is 35.5. The molecule has 2 rings (SSSR count). The van der Waals surface area contributed by atoms with Gasteiger partial charge < -0.3 is 0 Å². The molecule has 0 atom stereocenters. The molecule has 0 saturated heterocycles. The summed E-state index contributed by atoms with van der Waals surface area (Å²) in [5.74, 6) is 0. The number of benzene rings is 1. The van der Waals surface area contributed by atoms with Gasteiger partial charge in [0.25, 0.3) is 0 Å². The second kappa shape index (κ2) is 5.21. The van der Waals surface area contributed by atoms with E-state index < -0.39 is 0 Å². The van der Waals surface area contributed by atoms with Crippen molar-refractivity contribution < 1.29 is 0 Å². The molecule has 88 valence electrons. The van der Waals surface area contributed by atoms with Gasteiger partial charge in [-0.25, -0.2) is 4.98 Å². The first-order chi connectivity index (χ1) is 7.99. The lowest BCUT2D eigenvalue weighted by atomic mass is 10.1. The third kappa shape index (κ3) is 2.81. The molecule has 1 aromatic carbocycles. The Labute approximate surface area is 123 Å². The second-order valence-electron chi connectivity index (χ2n) is 3.22. The molecule has 1 nitrogen and oxygen atoms in total. The molecule has 0 saturated carbocycles. The number of hydrogen-bond acceptors (Lipinski definition) is 1. The number of halogens is 5. The van der Waals surface area contributed by atoms with Crippen molar-refractivity contribution in [1.29, 1.82) is 0 Å². The Hall–Kier alpha value is -0.180. The predicted molar refractivity (Wildman–Crippen MR) is 74.7 cm³/mol. The van der Waals surface area contributed by atoms with E-state index >= 15 is 0 Å². The molecule has 2 aromatic rings. The van der Waals surface area contributed by atoms with Crippen LogP contribution in [0.25, 0.3) is 11.3 Å². The lowest BCUT2D eigenvalue weighted by molar-refractivity contribution is 1.32. The summed E-state index contributed by atoms with van der Waals surface area (Å²) in [4.78, 5) is 4.11. The molecule has 0 amide bonds. The van der Waals surface area contributed by atoms with E-state index in [1.165, 1.54) is 6.07 Å². The SMILES string of the molecule is Clc1ccc(-c2nc(Cl)c(Cl)cc2Cl)cc1Cl. The van der Waals surface area contributed by atoms with Gasteiger partial charge in [0.05, 0.1) is 25.8 Å². The number of pyridine rings is 1. The minimum atomic E-state index is 0.192. The fourth-order valence-electron chi connectivity index (χ4n) is 1.29. The number of rotatable bonds is 1. The van der Waals surface area contributed by atoms with Crippen LogP contribution in [0.3, 0.4) is 0 Å². The number of aromatic nitrogens is 1. The molecule has 1 aromatic heterocycles. The minimum absolute atomic E-state index is 0.192. The fraction of sp³-hybridized carbons (Fsp3) is 0. The summed E-state index contributed by atoms with van der Waals surface area (Å²) in [5.41, 5.74) is 1.24. The largest absolute Gasteiger partial charge is 0.233 e. The van der Waals surface area contributed by atoms with Gasteiger partial charge in [-0.15, -0.1) is 0 Å². The van der Waals surface area contributed by atoms with E-state index in [0.717, 1.165) is 5.56 Å². The van der Waals surface area contributed by atoms with Crippen molar-refractivity contribution >= 4 is 58.0 Å². The van der Waals surface area contributed by atoms with Crippen molar-refractivity contribution in [3.8, 4) is 11.3 Å². The topological polar surface area (TPSA) is 12.9 Å². The molecule has 17 heavy (non-hydrogen) atoms. The Morgan fingerprint density at radius 2 is 1.41 bits per heavy atom. The van der Waals surface area contributed by atoms with Crippen LogP contribution in [-0.4, -0.2) is 4.98 Å². The van der Waals surface area contributed by atoms with Gasteiger partial charge in [0.2, 0.25) is 0 Å². The molecule has 6 heteroatoms. The predicted octanol–water partition coefficient (Wildman–Crippen LogP) is 6.02. The molecule has 0 bridgehead atoms. The summed E-state index contributed by atoms with van der Waals surface area (Å²) in [6.45, 7) is 0. The highest BCUT2D eigenvalue weighted by molar-refractivity contribution is 6.43. The maximum absolute atomic E-state index is 6.05. The van der Waals surface area contributed by atoms with Crippen LogP contribution in [0.5, 0.6) is 0 Å². The van der Waals surface area contributed by atoms with Gasteiger partial charge in [-0.1, -0.05) is 64.1 Å². The van der Waals surface area contributed by atoms with Crippen molar-refractivity contribution in [2.24, 2.45) is 0 Å². The van der Waals surface area contributed by atoms with Crippen LogP contribution in [0.4, 0.5) is 0 Å². The lowest BCUT2D eigenvalue weighted by Gasteiger charge is -2.06. The molecular weight excluding hydrogens is 323 g/mol. The van der Waals surface area contributed by atoms with Crippen molar-refractivity contribution in [1.82, 2.24) is 4.98 Å². The van der Waals surface area contributed by atoms with Crippen LogP contribution in [0.15, 0.2) is 24.3 Å². The summed E-state index contributed by atoms with van der Waals surface area (Å²) in [6.07, 6.45) is 0. The quantitative estimate of drug-likeness (QED) is 0.584. The van der Waals surface area contributed by atoms with E-state index in [1.54, 1.807) is 18.2 Å². The molecular formula is C11H4Cl5N. The highest BCUT2D eigenvalue weighted by Gasteiger charge is 2.11. The van der Waals surface area contributed by atoms with E-state index in [-0.39, 0.29) is 5.15 Å². The summed E-state index contributed by atoms with van der Waals surface area (Å²) in [6, 6.07) is 6.63. The normalized spacial score (nSPS) is 10.6. The molecule has 0 aliphatic carbocycles. The van der Waals surface area contributed by atoms with E-state index in [0.29, 0.717) is 25.8 Å². The first-order valence-corrected chi connectivity index (χ1v) is 6.35. The molecule has 0 spiro atoms. The Morgan fingerprint density at radius 3 is 2.06 bits per heavy atom. The standard InChI is InChI=1S/C11H4Cl5N/c12-6-2-1-5(3-7(6)13)10-8(14)4-9(15)11(16)17-10/h1-4H. The Bertz CT molecular complexity index is 582. The highest BCUT2D eigenvalue weighted by Crippen LogP contribution is 2.34. The van der Waals surface area contributed by atoms with Gasteiger partial charge in [-0.05, 0) is 18.2 Å². The fourth-order valence-corrected chi connectivity index (χ4v) is 2.19. The Morgan fingerprint density at radius 1 is 0.706 bits per heavy atom. The van der Waals surface area contributed by atoms with Crippen molar-refractivity contribution in [3.05, 3.63) is 49.5 Å². The maximum Gasteiger partial charge on any atom is 0.148 e. The average Bonchev–Trinajstić information content (AvgIpc) is 2.27. The zero-order valence-electron chi connectivity index (χ0n) is 8.15. The maximum atomic E-state index is 6.05. The molecule has 0 radical (unpaired) electrons. The van der Waals surface area contributed by atoms with Crippen molar-refractivity contribution in [2.75, 3.05) is 0 Å². The smallest absolute Gasteiger partial charge is 0.148 e. The number of nitrogens with zero attached hydrogens (tertiary/aromatic N) is 1. The van der Waals surface area contributed by atoms with Crippen LogP contribution in [-0.2, 0) is 0 Å². The third-order valence-electron chi connectivity index (χ3n) is 2.08. The van der Waals surface area contributed by atoms with Crippen molar-refractivity contribution in [2.45, 2.75) is 0 Å². The van der Waals surface area contributed by atoms with E-state index in [4.69, 9.17) is 58.0 Å². The Kier molecular flexibility index (Phi) is 4.06. The van der Waals surface area contributed by atoms with Crippen molar-refractivity contribution in [3.63, 3.8) is 0 Å². The van der Waals surface area contributed by atoms with Crippen LogP contribution in [0, 0.1) is 0 Å². The summed E-state index contributed by atoms with van der Waals surface area (Å²) < 4.78 is 0. The van der Waals surface area contributed by atoms with Gasteiger partial charge in [0, 0.05) is 5.56 Å². The van der Waals surface area contributed by atoms with Gasteiger partial charge in [-0.2, -0.15) is 0 Å². The minimum Gasteiger partial charge on any atom is -0.233 e. The summed E-state index contributed by atoms with van der Waals surface area (Å²) >= 11 is 29.5. The second-order valence-corrected chi connectivity index (χ2v) is 5.21. The summed E-state index contributed by atoms with van der Waals surface area (Å²) in [7, 11) is 0. The average molecular weight is 327 g/mol.